The number of morpholine rings is 1. The van der Waals surface area contributed by atoms with Crippen LogP contribution in [0.3, 0.4) is 0 Å². The number of nitrogens with two attached hydrogens (primary N) is 1. The zero-order valence-corrected chi connectivity index (χ0v) is 8.44. The molecule has 1 aromatic heterocycles. The van der Waals surface area contributed by atoms with Gasteiger partial charge in [-0.1, -0.05) is 0 Å². The number of carbonyl (C=O) groups is 1. The second-order valence-electron chi connectivity index (χ2n) is 3.37. The highest BCUT2D eigenvalue weighted by Crippen LogP contribution is 2.11. The number of carbonyl (C=O) groups excluding carboxylic acids is 1. The first kappa shape index (κ1) is 10.2. The topological polar surface area (TPSA) is 68.7 Å². The Balaban J connectivity index is 2.05. The quantitative estimate of drug-likeness (QED) is 0.757. The number of rotatable bonds is 2. The van der Waals surface area contributed by atoms with Gasteiger partial charge in [0.25, 0.3) is 5.91 Å². The maximum atomic E-state index is 11.9. The molecule has 1 fully saturated rings. The molecule has 1 aliphatic rings. The highest BCUT2D eigenvalue weighted by molar-refractivity contribution is 5.91. The number of ether oxygens (including phenoxy) is 1. The van der Waals surface area contributed by atoms with Crippen LogP contribution >= 0.6 is 0 Å². The molecule has 0 radical (unpaired) electrons. The van der Waals surface area contributed by atoms with Crippen molar-refractivity contribution in [2.75, 3.05) is 26.3 Å². The summed E-state index contributed by atoms with van der Waals surface area (Å²) in [7, 11) is 0. The fourth-order valence-electron chi connectivity index (χ4n) is 1.52. The zero-order valence-electron chi connectivity index (χ0n) is 8.44. The van der Waals surface area contributed by atoms with E-state index in [1.54, 1.807) is 17.0 Å². The van der Waals surface area contributed by atoms with E-state index in [1.165, 1.54) is 0 Å². The minimum atomic E-state index is -0.0852. The van der Waals surface area contributed by atoms with Gasteiger partial charge < -0.3 is 19.8 Å². The molecule has 1 amide bonds. The van der Waals surface area contributed by atoms with E-state index in [2.05, 4.69) is 0 Å². The van der Waals surface area contributed by atoms with Crippen molar-refractivity contribution in [2.45, 2.75) is 6.54 Å². The zero-order chi connectivity index (χ0) is 10.7. The van der Waals surface area contributed by atoms with Gasteiger partial charge in [0.1, 0.15) is 5.76 Å². The first-order valence-electron chi connectivity index (χ1n) is 4.97. The minimum absolute atomic E-state index is 0.0852. The molecule has 1 aromatic rings. The van der Waals surface area contributed by atoms with Crippen LogP contribution in [0.2, 0.25) is 0 Å². The first-order valence-corrected chi connectivity index (χ1v) is 4.97. The van der Waals surface area contributed by atoms with Crippen molar-refractivity contribution in [2.24, 2.45) is 5.73 Å². The molecule has 1 saturated heterocycles. The monoisotopic (exact) mass is 210 g/mol. The SMILES string of the molecule is NCc1ccc(C(=O)N2CCOCC2)o1. The lowest BCUT2D eigenvalue weighted by atomic mass is 10.3. The van der Waals surface area contributed by atoms with Crippen LogP contribution in [0.15, 0.2) is 16.5 Å². The van der Waals surface area contributed by atoms with Crippen LogP contribution in [0.25, 0.3) is 0 Å². The summed E-state index contributed by atoms with van der Waals surface area (Å²) in [5.41, 5.74) is 5.40. The Morgan fingerprint density at radius 1 is 1.40 bits per heavy atom. The van der Waals surface area contributed by atoms with Crippen LogP contribution in [-0.2, 0) is 11.3 Å². The first-order chi connectivity index (χ1) is 7.31. The summed E-state index contributed by atoms with van der Waals surface area (Å²) < 4.78 is 10.5. The van der Waals surface area contributed by atoms with E-state index < -0.39 is 0 Å². The summed E-state index contributed by atoms with van der Waals surface area (Å²) in [5, 5.41) is 0. The Kier molecular flexibility index (Phi) is 3.03. The van der Waals surface area contributed by atoms with Crippen molar-refractivity contribution in [3.63, 3.8) is 0 Å². The van der Waals surface area contributed by atoms with E-state index >= 15 is 0 Å². The highest BCUT2D eigenvalue weighted by atomic mass is 16.5. The lowest BCUT2D eigenvalue weighted by Crippen LogP contribution is -2.40. The summed E-state index contributed by atoms with van der Waals surface area (Å²) in [6.07, 6.45) is 0. The summed E-state index contributed by atoms with van der Waals surface area (Å²) in [5.74, 6) is 0.905. The maximum absolute atomic E-state index is 11.9. The Morgan fingerprint density at radius 3 is 2.73 bits per heavy atom. The van der Waals surface area contributed by atoms with Crippen molar-refractivity contribution in [1.29, 1.82) is 0 Å². The third-order valence-electron chi connectivity index (χ3n) is 2.37. The van der Waals surface area contributed by atoms with E-state index in [9.17, 15) is 4.79 Å². The maximum Gasteiger partial charge on any atom is 0.289 e. The number of nitrogens with zero attached hydrogens (tertiary/aromatic N) is 1. The molecule has 0 bridgehead atoms. The van der Waals surface area contributed by atoms with Crippen LogP contribution in [-0.4, -0.2) is 37.1 Å². The molecule has 5 nitrogen and oxygen atoms in total. The number of amides is 1. The molecule has 15 heavy (non-hydrogen) atoms. The molecule has 0 aliphatic carbocycles. The Bertz CT molecular complexity index is 342. The third kappa shape index (κ3) is 2.19. The Hall–Kier alpha value is -1.33. The fourth-order valence-corrected chi connectivity index (χ4v) is 1.52. The van der Waals surface area contributed by atoms with Crippen molar-refractivity contribution in [3.05, 3.63) is 23.7 Å². The molecule has 0 saturated carbocycles. The van der Waals surface area contributed by atoms with E-state index in [0.717, 1.165) is 0 Å². The summed E-state index contributed by atoms with van der Waals surface area (Å²) in [4.78, 5) is 13.6. The van der Waals surface area contributed by atoms with Gasteiger partial charge in [-0.25, -0.2) is 0 Å². The molecular formula is C10H14N2O3. The van der Waals surface area contributed by atoms with Gasteiger partial charge in [-0.2, -0.15) is 0 Å². The van der Waals surface area contributed by atoms with E-state index in [1.807, 2.05) is 0 Å². The van der Waals surface area contributed by atoms with Gasteiger partial charge in [-0.15, -0.1) is 0 Å². The van der Waals surface area contributed by atoms with Crippen molar-refractivity contribution >= 4 is 5.91 Å². The molecule has 2 N–H and O–H groups in total. The molecule has 0 unspecified atom stereocenters. The molecule has 82 valence electrons. The highest BCUT2D eigenvalue weighted by Gasteiger charge is 2.20. The average molecular weight is 210 g/mol. The second kappa shape index (κ2) is 4.46. The Labute approximate surface area is 87.8 Å². The van der Waals surface area contributed by atoms with Crippen LogP contribution in [0.5, 0.6) is 0 Å². The predicted molar refractivity (Wildman–Crippen MR) is 53.3 cm³/mol. The van der Waals surface area contributed by atoms with Crippen LogP contribution < -0.4 is 5.73 Å². The molecule has 0 aromatic carbocycles. The van der Waals surface area contributed by atoms with Crippen molar-refractivity contribution < 1.29 is 13.9 Å². The van der Waals surface area contributed by atoms with Crippen molar-refractivity contribution in [1.82, 2.24) is 4.90 Å². The van der Waals surface area contributed by atoms with E-state index in [-0.39, 0.29) is 5.91 Å². The van der Waals surface area contributed by atoms with Gasteiger partial charge in [0.15, 0.2) is 5.76 Å². The minimum Gasteiger partial charge on any atom is -0.455 e. The summed E-state index contributed by atoms with van der Waals surface area (Å²) in [6, 6.07) is 3.40. The van der Waals surface area contributed by atoms with E-state index in [4.69, 9.17) is 14.9 Å². The molecule has 0 spiro atoms. The largest absolute Gasteiger partial charge is 0.455 e. The standard InChI is InChI=1S/C10H14N2O3/c11-7-8-1-2-9(15-8)10(13)12-3-5-14-6-4-12/h1-2H,3-7,11H2. The lowest BCUT2D eigenvalue weighted by molar-refractivity contribution is 0.0282. The number of hydrogen-bond donors (Lipinski definition) is 1. The summed E-state index contributed by atoms with van der Waals surface area (Å²) >= 11 is 0. The average Bonchev–Trinajstić information content (AvgIpc) is 2.78. The molecule has 0 atom stereocenters. The van der Waals surface area contributed by atoms with Gasteiger partial charge in [0, 0.05) is 13.1 Å². The fraction of sp³-hybridized carbons (Fsp3) is 0.500. The predicted octanol–water partition coefficient (Wildman–Crippen LogP) is 0.211. The van der Waals surface area contributed by atoms with Gasteiger partial charge >= 0.3 is 0 Å². The smallest absolute Gasteiger partial charge is 0.289 e. The third-order valence-corrected chi connectivity index (χ3v) is 2.37. The molecular weight excluding hydrogens is 196 g/mol. The molecule has 2 heterocycles. The summed E-state index contributed by atoms with van der Waals surface area (Å²) in [6.45, 7) is 2.75. The van der Waals surface area contributed by atoms with Gasteiger partial charge in [-0.3, -0.25) is 4.79 Å². The van der Waals surface area contributed by atoms with Crippen molar-refractivity contribution in [3.8, 4) is 0 Å². The molecule has 5 heteroatoms. The number of furan rings is 1. The van der Waals surface area contributed by atoms with Crippen LogP contribution in [0, 0.1) is 0 Å². The van der Waals surface area contributed by atoms with Crippen LogP contribution in [0.1, 0.15) is 16.3 Å². The van der Waals surface area contributed by atoms with Gasteiger partial charge in [0.2, 0.25) is 0 Å². The van der Waals surface area contributed by atoms with Gasteiger partial charge in [0.05, 0.1) is 19.8 Å². The van der Waals surface area contributed by atoms with Crippen LogP contribution in [0.4, 0.5) is 0 Å². The Morgan fingerprint density at radius 2 is 2.13 bits per heavy atom. The van der Waals surface area contributed by atoms with Gasteiger partial charge in [-0.05, 0) is 12.1 Å². The number of hydrogen-bond acceptors (Lipinski definition) is 4. The van der Waals surface area contributed by atoms with E-state index in [0.29, 0.717) is 44.4 Å². The molecule has 1 aliphatic heterocycles. The normalized spacial score (nSPS) is 16.7. The molecule has 2 rings (SSSR count). The lowest BCUT2D eigenvalue weighted by Gasteiger charge is -2.25. The second-order valence-corrected chi connectivity index (χ2v) is 3.37.